The summed E-state index contributed by atoms with van der Waals surface area (Å²) in [6, 6.07) is 0. The minimum atomic E-state index is -0.345. The third kappa shape index (κ3) is 6.62. The predicted octanol–water partition coefficient (Wildman–Crippen LogP) is 0.525. The smallest absolute Gasteiger partial charge is 0.311 e. The van der Waals surface area contributed by atoms with Gasteiger partial charge in [0.1, 0.15) is 19.8 Å². The molecule has 2 aliphatic rings. The van der Waals surface area contributed by atoms with Crippen LogP contribution in [0.5, 0.6) is 0 Å². The Balaban J connectivity index is 1.68. The van der Waals surface area contributed by atoms with Gasteiger partial charge in [0.25, 0.3) is 0 Å². The first-order valence-corrected chi connectivity index (χ1v) is 8.77. The van der Waals surface area contributed by atoms with Crippen LogP contribution in [0.25, 0.3) is 0 Å². The maximum atomic E-state index is 12.2. The van der Waals surface area contributed by atoms with Crippen molar-refractivity contribution >= 4 is 17.9 Å². The predicted molar refractivity (Wildman–Crippen MR) is 86.7 cm³/mol. The Labute approximate surface area is 147 Å². The minimum absolute atomic E-state index is 0.0153. The molecule has 0 spiro atoms. The van der Waals surface area contributed by atoms with E-state index in [0.717, 1.165) is 19.3 Å². The van der Waals surface area contributed by atoms with Gasteiger partial charge in [0.05, 0.1) is 18.1 Å². The fraction of sp³-hybridized carbons (Fsp3) is 0.824. The fourth-order valence-electron chi connectivity index (χ4n) is 3.24. The highest BCUT2D eigenvalue weighted by molar-refractivity contribution is 5.73. The number of hydrogen-bond donors (Lipinski definition) is 0. The lowest BCUT2D eigenvalue weighted by Crippen LogP contribution is -2.36. The van der Waals surface area contributed by atoms with Crippen LogP contribution in [0, 0.1) is 5.92 Å². The normalized spacial score (nSPS) is 24.4. The summed E-state index contributed by atoms with van der Waals surface area (Å²) in [6.45, 7) is 4.87. The molecule has 0 saturated carbocycles. The van der Waals surface area contributed by atoms with E-state index in [1.807, 2.05) is 4.90 Å². The van der Waals surface area contributed by atoms with Crippen LogP contribution in [0.4, 0.5) is 0 Å². The molecule has 3 atom stereocenters. The SMILES string of the molecule is CC(=O)OCCN(CCOC(C)=O)CCOC(=O)C1CC2CCC1O2. The molecule has 0 aliphatic carbocycles. The molecule has 3 unspecified atom stereocenters. The van der Waals surface area contributed by atoms with E-state index in [4.69, 9.17) is 18.9 Å². The van der Waals surface area contributed by atoms with Crippen molar-refractivity contribution < 1.29 is 33.3 Å². The molecule has 142 valence electrons. The van der Waals surface area contributed by atoms with Crippen LogP contribution in [-0.2, 0) is 33.3 Å². The highest BCUT2D eigenvalue weighted by atomic mass is 16.6. The van der Waals surface area contributed by atoms with Crippen molar-refractivity contribution in [3.05, 3.63) is 0 Å². The van der Waals surface area contributed by atoms with Crippen molar-refractivity contribution in [3.8, 4) is 0 Å². The summed E-state index contributed by atoms with van der Waals surface area (Å²) in [5, 5.41) is 0. The molecule has 2 rings (SSSR count). The lowest BCUT2D eigenvalue weighted by atomic mass is 9.89. The van der Waals surface area contributed by atoms with Crippen LogP contribution in [0.15, 0.2) is 0 Å². The van der Waals surface area contributed by atoms with Crippen LogP contribution >= 0.6 is 0 Å². The van der Waals surface area contributed by atoms with E-state index >= 15 is 0 Å². The fourth-order valence-corrected chi connectivity index (χ4v) is 3.24. The van der Waals surface area contributed by atoms with Gasteiger partial charge >= 0.3 is 17.9 Å². The van der Waals surface area contributed by atoms with Crippen LogP contribution < -0.4 is 0 Å². The lowest BCUT2D eigenvalue weighted by molar-refractivity contribution is -0.150. The van der Waals surface area contributed by atoms with Crippen molar-refractivity contribution in [3.63, 3.8) is 0 Å². The number of rotatable bonds is 10. The van der Waals surface area contributed by atoms with Crippen LogP contribution in [0.2, 0.25) is 0 Å². The Kier molecular flexibility index (Phi) is 7.64. The van der Waals surface area contributed by atoms with Crippen molar-refractivity contribution in [1.29, 1.82) is 0 Å². The van der Waals surface area contributed by atoms with Crippen molar-refractivity contribution in [1.82, 2.24) is 4.90 Å². The van der Waals surface area contributed by atoms with E-state index in [0.29, 0.717) is 19.6 Å². The quantitative estimate of drug-likeness (QED) is 0.413. The van der Waals surface area contributed by atoms with Crippen LogP contribution in [0.1, 0.15) is 33.1 Å². The summed E-state index contributed by atoms with van der Waals surface area (Å²) in [7, 11) is 0. The zero-order valence-corrected chi connectivity index (χ0v) is 14.9. The van der Waals surface area contributed by atoms with Gasteiger partial charge in [-0.05, 0) is 19.3 Å². The van der Waals surface area contributed by atoms with Crippen molar-refractivity contribution in [2.75, 3.05) is 39.5 Å². The van der Waals surface area contributed by atoms with Gasteiger partial charge in [-0.1, -0.05) is 0 Å². The van der Waals surface area contributed by atoms with E-state index < -0.39 is 0 Å². The number of esters is 3. The monoisotopic (exact) mass is 357 g/mol. The largest absolute Gasteiger partial charge is 0.465 e. The number of carbonyl (C=O) groups is 3. The van der Waals surface area contributed by atoms with Gasteiger partial charge < -0.3 is 18.9 Å². The van der Waals surface area contributed by atoms with Gasteiger partial charge in [0.15, 0.2) is 0 Å². The number of carbonyl (C=O) groups excluding carboxylic acids is 3. The van der Waals surface area contributed by atoms with Crippen LogP contribution in [0.3, 0.4) is 0 Å². The van der Waals surface area contributed by atoms with E-state index in [-0.39, 0.29) is 55.9 Å². The summed E-state index contributed by atoms with van der Waals surface area (Å²) < 4.78 is 20.9. The van der Waals surface area contributed by atoms with Crippen LogP contribution in [-0.4, -0.2) is 74.5 Å². The average Bonchev–Trinajstić information content (AvgIpc) is 3.16. The number of nitrogens with zero attached hydrogens (tertiary/aromatic N) is 1. The molecule has 25 heavy (non-hydrogen) atoms. The maximum Gasteiger partial charge on any atom is 0.311 e. The van der Waals surface area contributed by atoms with E-state index in [1.54, 1.807) is 0 Å². The second kappa shape index (κ2) is 9.72. The summed E-state index contributed by atoms with van der Waals surface area (Å²) in [4.78, 5) is 35.8. The molecule has 2 heterocycles. The van der Waals surface area contributed by atoms with Gasteiger partial charge in [-0.2, -0.15) is 0 Å². The molecule has 8 nitrogen and oxygen atoms in total. The first kappa shape index (κ1) is 19.7. The topological polar surface area (TPSA) is 91.4 Å². The number of hydrogen-bond acceptors (Lipinski definition) is 8. The standard InChI is InChI=1S/C17H27NO7/c1-12(19)22-8-5-18(6-9-23-13(2)20)7-10-24-17(21)15-11-14-3-4-16(15)25-14/h14-16H,3-11H2,1-2H3. The molecule has 0 radical (unpaired) electrons. The molecule has 2 bridgehead atoms. The van der Waals surface area contributed by atoms with E-state index in [9.17, 15) is 14.4 Å². The Morgan fingerprint density at radius 2 is 1.48 bits per heavy atom. The van der Waals surface area contributed by atoms with Gasteiger partial charge in [-0.3, -0.25) is 19.3 Å². The molecule has 0 N–H and O–H groups in total. The molecule has 2 aliphatic heterocycles. The number of fused-ring (bicyclic) bond motifs is 2. The Morgan fingerprint density at radius 1 is 0.920 bits per heavy atom. The molecule has 8 heteroatoms. The highest BCUT2D eigenvalue weighted by Crippen LogP contribution is 2.39. The average molecular weight is 357 g/mol. The van der Waals surface area contributed by atoms with Gasteiger partial charge in [0.2, 0.25) is 0 Å². The molecule has 0 aromatic heterocycles. The molecule has 0 aromatic carbocycles. The highest BCUT2D eigenvalue weighted by Gasteiger charge is 2.45. The Bertz CT molecular complexity index is 462. The maximum absolute atomic E-state index is 12.2. The molecule has 2 saturated heterocycles. The molecule has 2 fully saturated rings. The van der Waals surface area contributed by atoms with Crippen molar-refractivity contribution in [2.45, 2.75) is 45.3 Å². The zero-order valence-electron chi connectivity index (χ0n) is 14.9. The van der Waals surface area contributed by atoms with E-state index in [2.05, 4.69) is 0 Å². The third-order valence-corrected chi connectivity index (χ3v) is 4.49. The molecule has 0 amide bonds. The molecule has 0 aromatic rings. The minimum Gasteiger partial charge on any atom is -0.465 e. The first-order chi connectivity index (χ1) is 12.0. The second-order valence-electron chi connectivity index (χ2n) is 6.41. The Morgan fingerprint density at radius 3 is 1.92 bits per heavy atom. The van der Waals surface area contributed by atoms with E-state index in [1.165, 1.54) is 13.8 Å². The van der Waals surface area contributed by atoms with Gasteiger partial charge in [-0.15, -0.1) is 0 Å². The van der Waals surface area contributed by atoms with Gasteiger partial charge in [0, 0.05) is 33.5 Å². The van der Waals surface area contributed by atoms with Gasteiger partial charge in [-0.25, -0.2) is 0 Å². The molecular formula is C17H27NO7. The number of ether oxygens (including phenoxy) is 4. The van der Waals surface area contributed by atoms with Crippen molar-refractivity contribution in [2.24, 2.45) is 5.92 Å². The summed E-state index contributed by atoms with van der Waals surface area (Å²) in [6.07, 6.45) is 2.95. The summed E-state index contributed by atoms with van der Waals surface area (Å²) in [5.74, 6) is -1.04. The lowest BCUT2D eigenvalue weighted by Gasteiger charge is -2.22. The zero-order chi connectivity index (χ0) is 18.2. The molecular weight excluding hydrogens is 330 g/mol. The Hall–Kier alpha value is -1.67. The second-order valence-corrected chi connectivity index (χ2v) is 6.41. The first-order valence-electron chi connectivity index (χ1n) is 8.77. The summed E-state index contributed by atoms with van der Waals surface area (Å²) >= 11 is 0. The summed E-state index contributed by atoms with van der Waals surface area (Å²) in [5.41, 5.74) is 0. The third-order valence-electron chi connectivity index (χ3n) is 4.49.